The lowest BCUT2D eigenvalue weighted by molar-refractivity contribution is -0.118. The van der Waals surface area contributed by atoms with Crippen molar-refractivity contribution < 1.29 is 4.79 Å². The highest BCUT2D eigenvalue weighted by atomic mass is 16.1. The second kappa shape index (κ2) is 6.76. The molecule has 1 unspecified atom stereocenters. The van der Waals surface area contributed by atoms with Gasteiger partial charge in [-0.25, -0.2) is 0 Å². The Morgan fingerprint density at radius 3 is 2.40 bits per heavy atom. The molecule has 0 fully saturated rings. The van der Waals surface area contributed by atoms with Crippen LogP contribution < -0.4 is 10.6 Å². The van der Waals surface area contributed by atoms with Crippen molar-refractivity contribution in [1.29, 1.82) is 5.26 Å². The Kier molecular flexibility index (Phi) is 5.33. The fourth-order valence-corrected chi connectivity index (χ4v) is 1.60. The van der Waals surface area contributed by atoms with E-state index in [1.807, 2.05) is 64.1 Å². The van der Waals surface area contributed by atoms with E-state index in [4.69, 9.17) is 5.26 Å². The van der Waals surface area contributed by atoms with E-state index in [2.05, 4.69) is 10.6 Å². The number of amides is 1. The summed E-state index contributed by atoms with van der Waals surface area (Å²) in [6.45, 7) is 7.60. The van der Waals surface area contributed by atoms with E-state index in [0.717, 1.165) is 5.56 Å². The first-order valence-electron chi connectivity index (χ1n) is 6.57. The number of carbonyl (C=O) groups excluding carboxylic acids is 1. The molecular weight excluding hydrogens is 250 g/mol. The molecule has 0 saturated carbocycles. The summed E-state index contributed by atoms with van der Waals surface area (Å²) in [6, 6.07) is 11.8. The Hall–Kier alpha value is -2.28. The number of hydrogen-bond donors (Lipinski definition) is 2. The van der Waals surface area contributed by atoms with Crippen LogP contribution in [0.5, 0.6) is 0 Å². The predicted octanol–water partition coefficient (Wildman–Crippen LogP) is 2.66. The van der Waals surface area contributed by atoms with E-state index in [1.165, 1.54) is 6.20 Å². The number of hydrogen-bond acceptors (Lipinski definition) is 3. The molecule has 1 aromatic carbocycles. The first-order valence-corrected chi connectivity index (χ1v) is 6.57. The average molecular weight is 271 g/mol. The van der Waals surface area contributed by atoms with Crippen molar-refractivity contribution in [2.45, 2.75) is 39.3 Å². The Labute approximate surface area is 120 Å². The summed E-state index contributed by atoms with van der Waals surface area (Å²) in [5, 5.41) is 14.9. The molecule has 1 atom stereocenters. The van der Waals surface area contributed by atoms with Gasteiger partial charge in [-0.3, -0.25) is 4.79 Å². The maximum Gasteiger partial charge on any atom is 0.263 e. The first kappa shape index (κ1) is 15.8. The van der Waals surface area contributed by atoms with Crippen LogP contribution in [0.15, 0.2) is 42.1 Å². The van der Waals surface area contributed by atoms with Crippen LogP contribution in [-0.2, 0) is 4.79 Å². The quantitative estimate of drug-likeness (QED) is 0.653. The van der Waals surface area contributed by atoms with Crippen molar-refractivity contribution in [3.63, 3.8) is 0 Å². The van der Waals surface area contributed by atoms with Gasteiger partial charge >= 0.3 is 0 Å². The number of benzene rings is 1. The summed E-state index contributed by atoms with van der Waals surface area (Å²) in [7, 11) is 0. The van der Waals surface area contributed by atoms with Crippen LogP contribution in [0, 0.1) is 11.3 Å². The van der Waals surface area contributed by atoms with Gasteiger partial charge in [0.25, 0.3) is 5.91 Å². The monoisotopic (exact) mass is 271 g/mol. The minimum Gasteiger partial charge on any atom is -0.383 e. The van der Waals surface area contributed by atoms with Gasteiger partial charge in [0.05, 0.1) is 0 Å². The number of carbonyl (C=O) groups is 1. The van der Waals surface area contributed by atoms with Gasteiger partial charge in [0.15, 0.2) is 0 Å². The molecule has 0 aromatic heterocycles. The Balaban J connectivity index is 2.72. The van der Waals surface area contributed by atoms with Crippen LogP contribution in [0.3, 0.4) is 0 Å². The third-order valence-corrected chi connectivity index (χ3v) is 2.63. The van der Waals surface area contributed by atoms with Gasteiger partial charge in [-0.1, -0.05) is 30.3 Å². The van der Waals surface area contributed by atoms with E-state index in [0.29, 0.717) is 0 Å². The zero-order chi connectivity index (χ0) is 15.2. The maximum atomic E-state index is 11.9. The summed E-state index contributed by atoms with van der Waals surface area (Å²) in [6.07, 6.45) is 1.47. The standard InChI is InChI=1S/C16H21N3O/c1-12(13-8-6-5-7-9-13)18-11-14(10-17)15(20)19-16(2,3)4/h5-9,11-12,18H,1-4H3,(H,19,20)/b14-11-. The largest absolute Gasteiger partial charge is 0.383 e. The molecule has 0 aliphatic carbocycles. The van der Waals surface area contributed by atoms with Crippen LogP contribution in [0.2, 0.25) is 0 Å². The summed E-state index contributed by atoms with van der Waals surface area (Å²) >= 11 is 0. The molecule has 0 bridgehead atoms. The smallest absolute Gasteiger partial charge is 0.263 e. The molecule has 0 saturated heterocycles. The number of nitriles is 1. The highest BCUT2D eigenvalue weighted by Crippen LogP contribution is 2.11. The van der Waals surface area contributed by atoms with Crippen LogP contribution in [-0.4, -0.2) is 11.4 Å². The molecule has 20 heavy (non-hydrogen) atoms. The molecule has 1 aromatic rings. The van der Waals surface area contributed by atoms with Gasteiger partial charge in [0.1, 0.15) is 11.6 Å². The number of nitrogens with one attached hydrogen (secondary N) is 2. The average Bonchev–Trinajstić information content (AvgIpc) is 2.38. The Bertz CT molecular complexity index is 521. The molecule has 0 heterocycles. The van der Waals surface area contributed by atoms with Gasteiger partial charge in [-0.15, -0.1) is 0 Å². The SMILES string of the molecule is CC(N/C=C(/C#N)C(=O)NC(C)(C)C)c1ccccc1. The third kappa shape index (κ3) is 5.15. The van der Waals surface area contributed by atoms with Gasteiger partial charge in [0.2, 0.25) is 0 Å². The van der Waals surface area contributed by atoms with Gasteiger partial charge in [-0.2, -0.15) is 5.26 Å². The minimum atomic E-state index is -0.368. The lowest BCUT2D eigenvalue weighted by Gasteiger charge is -2.20. The molecule has 1 rings (SSSR count). The minimum absolute atomic E-state index is 0.0296. The normalized spacial score (nSPS) is 13.2. The van der Waals surface area contributed by atoms with Crippen molar-refractivity contribution in [2.75, 3.05) is 0 Å². The molecule has 0 spiro atoms. The van der Waals surface area contributed by atoms with Crippen molar-refractivity contribution >= 4 is 5.91 Å². The molecule has 4 heteroatoms. The molecular formula is C16H21N3O. The van der Waals surface area contributed by atoms with Crippen molar-refractivity contribution in [3.05, 3.63) is 47.7 Å². The third-order valence-electron chi connectivity index (χ3n) is 2.63. The van der Waals surface area contributed by atoms with Gasteiger partial charge < -0.3 is 10.6 Å². The zero-order valence-electron chi connectivity index (χ0n) is 12.4. The van der Waals surface area contributed by atoms with Crippen LogP contribution in [0.4, 0.5) is 0 Å². The van der Waals surface area contributed by atoms with E-state index < -0.39 is 0 Å². The lowest BCUT2D eigenvalue weighted by atomic mass is 10.1. The molecule has 0 aliphatic heterocycles. The van der Waals surface area contributed by atoms with Crippen molar-refractivity contribution in [2.24, 2.45) is 0 Å². The van der Waals surface area contributed by atoms with E-state index in [1.54, 1.807) is 0 Å². The molecule has 106 valence electrons. The Morgan fingerprint density at radius 1 is 1.30 bits per heavy atom. The molecule has 0 radical (unpaired) electrons. The summed E-state index contributed by atoms with van der Waals surface area (Å²) in [4.78, 5) is 11.9. The molecule has 4 nitrogen and oxygen atoms in total. The second-order valence-electron chi connectivity index (χ2n) is 5.67. The molecule has 2 N–H and O–H groups in total. The summed E-state index contributed by atoms with van der Waals surface area (Å²) in [5.41, 5.74) is 0.804. The van der Waals surface area contributed by atoms with Crippen LogP contribution >= 0.6 is 0 Å². The van der Waals surface area contributed by atoms with Gasteiger partial charge in [0, 0.05) is 17.8 Å². The fourth-order valence-electron chi connectivity index (χ4n) is 1.60. The number of nitrogens with zero attached hydrogens (tertiary/aromatic N) is 1. The van der Waals surface area contributed by atoms with Crippen molar-refractivity contribution in [3.8, 4) is 6.07 Å². The van der Waals surface area contributed by atoms with E-state index in [-0.39, 0.29) is 23.1 Å². The highest BCUT2D eigenvalue weighted by Gasteiger charge is 2.17. The highest BCUT2D eigenvalue weighted by molar-refractivity contribution is 5.97. The molecule has 1 amide bonds. The second-order valence-corrected chi connectivity index (χ2v) is 5.67. The fraction of sp³-hybridized carbons (Fsp3) is 0.375. The van der Waals surface area contributed by atoms with Crippen LogP contribution in [0.1, 0.15) is 39.3 Å². The Morgan fingerprint density at radius 2 is 1.90 bits per heavy atom. The first-order chi connectivity index (χ1) is 9.33. The number of rotatable bonds is 4. The predicted molar refractivity (Wildman–Crippen MR) is 79.6 cm³/mol. The van der Waals surface area contributed by atoms with Gasteiger partial charge in [-0.05, 0) is 33.3 Å². The maximum absolute atomic E-state index is 11.9. The van der Waals surface area contributed by atoms with E-state index >= 15 is 0 Å². The molecule has 0 aliphatic rings. The lowest BCUT2D eigenvalue weighted by Crippen LogP contribution is -2.41. The summed E-state index contributed by atoms with van der Waals surface area (Å²) in [5.74, 6) is -0.368. The van der Waals surface area contributed by atoms with Crippen LogP contribution in [0.25, 0.3) is 0 Å². The summed E-state index contributed by atoms with van der Waals surface area (Å²) < 4.78 is 0. The topological polar surface area (TPSA) is 64.9 Å². The zero-order valence-corrected chi connectivity index (χ0v) is 12.4. The van der Waals surface area contributed by atoms with E-state index in [9.17, 15) is 4.79 Å². The van der Waals surface area contributed by atoms with Crippen molar-refractivity contribution in [1.82, 2.24) is 10.6 Å².